The Balaban J connectivity index is 4.04. The Hall–Kier alpha value is -1.85. The first kappa shape index (κ1) is 17.2. The minimum Gasteiger partial charge on any atom is -0.368 e. The number of rotatable bonds is 10. The van der Waals surface area contributed by atoms with Crippen LogP contribution in [-0.4, -0.2) is 23.8 Å². The Morgan fingerprint density at radius 1 is 1.11 bits per heavy atom. The molecule has 0 heterocycles. The number of hydrogen-bond acceptors (Lipinski definition) is 3. The first-order valence-corrected chi connectivity index (χ1v) is 6.53. The van der Waals surface area contributed by atoms with Gasteiger partial charge in [-0.25, -0.2) is 0 Å². The van der Waals surface area contributed by atoms with Gasteiger partial charge in [-0.15, -0.1) is 0 Å². The Morgan fingerprint density at radius 2 is 1.74 bits per heavy atom. The third-order valence-corrected chi connectivity index (χ3v) is 2.58. The lowest BCUT2D eigenvalue weighted by Gasteiger charge is -2.11. The van der Waals surface area contributed by atoms with E-state index in [0.29, 0.717) is 6.42 Å². The summed E-state index contributed by atoms with van der Waals surface area (Å²) in [5.74, 6) is -1.67. The first-order chi connectivity index (χ1) is 8.97. The van der Waals surface area contributed by atoms with E-state index in [0.717, 1.165) is 38.2 Å². The summed E-state index contributed by atoms with van der Waals surface area (Å²) in [4.78, 5) is 33.2. The van der Waals surface area contributed by atoms with E-state index in [1.54, 1.807) is 0 Å². The average Bonchev–Trinajstić information content (AvgIpc) is 2.33. The summed E-state index contributed by atoms with van der Waals surface area (Å²) in [6.07, 6.45) is 7.72. The van der Waals surface area contributed by atoms with Gasteiger partial charge in [0.05, 0.1) is 0 Å². The van der Waals surface area contributed by atoms with E-state index >= 15 is 0 Å². The third-order valence-electron chi connectivity index (χ3n) is 2.58. The van der Waals surface area contributed by atoms with Gasteiger partial charge >= 0.3 is 0 Å². The molecule has 0 aliphatic carbocycles. The molecule has 0 saturated carbocycles. The number of hydrogen-bond donors (Lipinski definition) is 3. The molecule has 0 radical (unpaired) electrons. The maximum atomic E-state index is 11.6. The lowest BCUT2D eigenvalue weighted by atomic mass is 10.1. The molecule has 0 fully saturated rings. The van der Waals surface area contributed by atoms with E-state index in [2.05, 4.69) is 12.2 Å². The molecule has 1 atom stereocenters. The van der Waals surface area contributed by atoms with Crippen LogP contribution in [0, 0.1) is 0 Å². The molecule has 19 heavy (non-hydrogen) atoms. The van der Waals surface area contributed by atoms with Crippen LogP contribution >= 0.6 is 0 Å². The lowest BCUT2D eigenvalue weighted by molar-refractivity contribution is -0.126. The zero-order valence-electron chi connectivity index (χ0n) is 11.4. The second kappa shape index (κ2) is 10.1. The van der Waals surface area contributed by atoms with Gasteiger partial charge in [0.15, 0.2) is 0 Å². The van der Waals surface area contributed by atoms with E-state index in [9.17, 15) is 14.4 Å². The van der Waals surface area contributed by atoms with Gasteiger partial charge in [0.1, 0.15) is 6.04 Å². The zero-order chi connectivity index (χ0) is 14.7. The largest absolute Gasteiger partial charge is 0.368 e. The third kappa shape index (κ3) is 9.82. The Morgan fingerprint density at radius 3 is 2.26 bits per heavy atom. The monoisotopic (exact) mass is 269 g/mol. The van der Waals surface area contributed by atoms with Crippen molar-refractivity contribution in [3.05, 3.63) is 12.2 Å². The molecule has 0 spiro atoms. The summed E-state index contributed by atoms with van der Waals surface area (Å²) < 4.78 is 0. The smallest absolute Gasteiger partial charge is 0.244 e. The summed E-state index contributed by atoms with van der Waals surface area (Å²) in [6.45, 7) is 2.12. The van der Waals surface area contributed by atoms with Gasteiger partial charge in [-0.05, 0) is 12.5 Å². The molecular weight excluding hydrogens is 246 g/mol. The Labute approximate surface area is 113 Å². The molecule has 0 saturated heterocycles. The van der Waals surface area contributed by atoms with Gasteiger partial charge < -0.3 is 16.8 Å². The number of primary amides is 2. The van der Waals surface area contributed by atoms with Crippen molar-refractivity contribution in [3.8, 4) is 0 Å². The van der Waals surface area contributed by atoms with Gasteiger partial charge in [0.2, 0.25) is 17.7 Å². The number of nitrogens with one attached hydrogen (secondary N) is 1. The molecule has 0 bridgehead atoms. The standard InChI is InChI=1S/C13H23N3O3/c1-2-3-4-5-6-7-12(18)16-10(13(15)19)8-9-11(14)17/h8-10H,2-7H2,1H3,(H2,14,17)(H2,15,19)(H,16,18)/b9-8+. The fourth-order valence-electron chi connectivity index (χ4n) is 1.54. The van der Waals surface area contributed by atoms with Crippen LogP contribution in [0.2, 0.25) is 0 Å². The minimum absolute atomic E-state index is 0.255. The molecule has 0 rings (SSSR count). The number of carbonyl (C=O) groups is 3. The minimum atomic E-state index is -0.990. The molecule has 5 N–H and O–H groups in total. The van der Waals surface area contributed by atoms with Gasteiger partial charge in [-0.1, -0.05) is 32.6 Å². The van der Waals surface area contributed by atoms with Crippen LogP contribution in [0.5, 0.6) is 0 Å². The van der Waals surface area contributed by atoms with E-state index in [-0.39, 0.29) is 5.91 Å². The number of unbranched alkanes of at least 4 members (excludes halogenated alkanes) is 4. The molecule has 0 aliphatic rings. The van der Waals surface area contributed by atoms with Crippen LogP contribution in [0.25, 0.3) is 0 Å². The normalized spacial score (nSPS) is 12.3. The zero-order valence-corrected chi connectivity index (χ0v) is 11.4. The highest BCUT2D eigenvalue weighted by atomic mass is 16.2. The van der Waals surface area contributed by atoms with Crippen molar-refractivity contribution in [2.24, 2.45) is 11.5 Å². The van der Waals surface area contributed by atoms with Crippen LogP contribution in [0.1, 0.15) is 45.4 Å². The second-order valence-electron chi connectivity index (χ2n) is 4.37. The maximum absolute atomic E-state index is 11.6. The van der Waals surface area contributed by atoms with Crippen LogP contribution in [0.3, 0.4) is 0 Å². The molecule has 6 heteroatoms. The Bertz CT molecular complexity index is 340. The predicted octanol–water partition coefficient (Wildman–Crippen LogP) is 0.359. The predicted molar refractivity (Wildman–Crippen MR) is 72.8 cm³/mol. The second-order valence-corrected chi connectivity index (χ2v) is 4.37. The molecule has 3 amide bonds. The van der Waals surface area contributed by atoms with Crippen molar-refractivity contribution in [3.63, 3.8) is 0 Å². The first-order valence-electron chi connectivity index (χ1n) is 6.53. The molecule has 108 valence electrons. The van der Waals surface area contributed by atoms with Crippen molar-refractivity contribution in [1.29, 1.82) is 0 Å². The Kier molecular flexibility index (Phi) is 9.12. The molecule has 0 aliphatic heterocycles. The van der Waals surface area contributed by atoms with Gasteiger partial charge in [0, 0.05) is 12.5 Å². The highest BCUT2D eigenvalue weighted by Gasteiger charge is 2.14. The van der Waals surface area contributed by atoms with Crippen molar-refractivity contribution in [2.75, 3.05) is 0 Å². The van der Waals surface area contributed by atoms with Crippen LogP contribution in [-0.2, 0) is 14.4 Å². The highest BCUT2D eigenvalue weighted by Crippen LogP contribution is 2.05. The highest BCUT2D eigenvalue weighted by molar-refractivity contribution is 5.91. The van der Waals surface area contributed by atoms with Crippen LogP contribution < -0.4 is 16.8 Å². The summed E-state index contributed by atoms with van der Waals surface area (Å²) in [6, 6.07) is -0.990. The molecular formula is C13H23N3O3. The molecule has 0 aromatic heterocycles. The maximum Gasteiger partial charge on any atom is 0.244 e. The van der Waals surface area contributed by atoms with E-state index in [4.69, 9.17) is 11.5 Å². The van der Waals surface area contributed by atoms with Gasteiger partial charge in [-0.3, -0.25) is 14.4 Å². The summed E-state index contributed by atoms with van der Waals surface area (Å²) in [5.41, 5.74) is 10.0. The van der Waals surface area contributed by atoms with Crippen molar-refractivity contribution >= 4 is 17.7 Å². The van der Waals surface area contributed by atoms with E-state index in [1.165, 1.54) is 6.08 Å². The van der Waals surface area contributed by atoms with Gasteiger partial charge in [0.25, 0.3) is 0 Å². The van der Waals surface area contributed by atoms with Gasteiger partial charge in [-0.2, -0.15) is 0 Å². The van der Waals surface area contributed by atoms with Crippen molar-refractivity contribution in [1.82, 2.24) is 5.32 Å². The van der Waals surface area contributed by atoms with Crippen LogP contribution in [0.4, 0.5) is 0 Å². The van der Waals surface area contributed by atoms with Crippen LogP contribution in [0.15, 0.2) is 12.2 Å². The fourth-order valence-corrected chi connectivity index (χ4v) is 1.54. The molecule has 1 unspecified atom stereocenters. The SMILES string of the molecule is CCCCCCCC(=O)NC(/C=C/C(N)=O)C(N)=O. The van der Waals surface area contributed by atoms with E-state index in [1.807, 2.05) is 0 Å². The number of nitrogens with two attached hydrogens (primary N) is 2. The summed E-state index contributed by atoms with van der Waals surface area (Å²) in [7, 11) is 0. The fraction of sp³-hybridized carbons (Fsp3) is 0.615. The molecule has 0 aromatic carbocycles. The van der Waals surface area contributed by atoms with Crippen molar-refractivity contribution in [2.45, 2.75) is 51.5 Å². The van der Waals surface area contributed by atoms with E-state index < -0.39 is 17.9 Å². The quantitative estimate of drug-likeness (QED) is 0.392. The number of amides is 3. The molecule has 0 aromatic rings. The molecule has 6 nitrogen and oxygen atoms in total. The lowest BCUT2D eigenvalue weighted by Crippen LogP contribution is -2.43. The van der Waals surface area contributed by atoms with Crippen molar-refractivity contribution < 1.29 is 14.4 Å². The summed E-state index contributed by atoms with van der Waals surface area (Å²) >= 11 is 0. The topological polar surface area (TPSA) is 115 Å². The number of carbonyl (C=O) groups excluding carboxylic acids is 3. The average molecular weight is 269 g/mol. The summed E-state index contributed by atoms with van der Waals surface area (Å²) in [5, 5.41) is 2.45.